The number of nitrogens with zero attached hydrogens (tertiary/aromatic N) is 2. The van der Waals surface area contributed by atoms with Crippen LogP contribution in [-0.4, -0.2) is 35.2 Å². The molecule has 0 fully saturated rings. The maximum absolute atomic E-state index is 14.1. The van der Waals surface area contributed by atoms with E-state index in [4.69, 9.17) is 15.2 Å². The predicted octanol–water partition coefficient (Wildman–Crippen LogP) is 1.67. The van der Waals surface area contributed by atoms with Crippen molar-refractivity contribution >= 4 is 22.9 Å². The molecule has 1 aliphatic heterocycles. The number of rotatable bonds is 6. The van der Waals surface area contributed by atoms with Gasteiger partial charge in [0.2, 0.25) is 0 Å². The number of halogens is 1. The molecule has 3 heterocycles. The summed E-state index contributed by atoms with van der Waals surface area (Å²) in [5.74, 6) is -0.596. The lowest BCUT2D eigenvalue weighted by Crippen LogP contribution is -2.26. The van der Waals surface area contributed by atoms with E-state index in [2.05, 4.69) is 4.98 Å². The number of fused-ring (bicyclic) bond motifs is 4. The Labute approximate surface area is 170 Å². The van der Waals surface area contributed by atoms with Gasteiger partial charge in [-0.25, -0.2) is 9.37 Å². The van der Waals surface area contributed by atoms with Crippen molar-refractivity contribution in [2.75, 3.05) is 20.0 Å². The number of pyridine rings is 2. The van der Waals surface area contributed by atoms with Gasteiger partial charge in [-0.05, 0) is 17.7 Å². The fourth-order valence-electron chi connectivity index (χ4n) is 3.94. The first-order chi connectivity index (χ1) is 14.4. The Hall–Kier alpha value is -3.14. The molecule has 2 aromatic heterocycles. The summed E-state index contributed by atoms with van der Waals surface area (Å²) in [6.07, 6.45) is -1.13. The second-order valence-electron chi connectivity index (χ2n) is 7.11. The third-order valence-electron chi connectivity index (χ3n) is 5.34. The number of nitrogen functional groups attached to an aromatic ring is 1. The van der Waals surface area contributed by atoms with Crippen LogP contribution in [0.15, 0.2) is 23.0 Å². The number of aliphatic hydroxyl groups is 1. The van der Waals surface area contributed by atoms with Crippen LogP contribution in [0, 0.1) is 5.82 Å². The number of carbonyl (C=O) groups excluding carboxylic acids is 1. The lowest BCUT2D eigenvalue weighted by atomic mass is 9.99. The highest BCUT2D eigenvalue weighted by atomic mass is 19.1. The summed E-state index contributed by atoms with van der Waals surface area (Å²) < 4.78 is 26.0. The number of aldehydes is 1. The number of hydrogen-bond donors (Lipinski definition) is 2. The molecule has 0 radical (unpaired) electrons. The second-order valence-corrected chi connectivity index (χ2v) is 7.11. The maximum Gasteiger partial charge on any atom is 0.257 e. The number of aromatic nitrogens is 2. The molecule has 0 saturated carbocycles. The highest BCUT2D eigenvalue weighted by Gasteiger charge is 2.29. The molecular formula is C21H20FN3O5. The van der Waals surface area contributed by atoms with Gasteiger partial charge in [0.05, 0.1) is 42.4 Å². The van der Waals surface area contributed by atoms with Crippen LogP contribution in [0.5, 0.6) is 0 Å². The fourth-order valence-corrected chi connectivity index (χ4v) is 3.94. The molecule has 9 heteroatoms. The zero-order chi connectivity index (χ0) is 21.6. The van der Waals surface area contributed by atoms with Gasteiger partial charge in [-0.3, -0.25) is 4.79 Å². The Morgan fingerprint density at radius 3 is 2.63 bits per heavy atom. The number of methoxy groups -OCH3 is 2. The maximum atomic E-state index is 14.1. The number of aliphatic hydroxyl groups excluding tert-OH is 1. The molecule has 30 heavy (non-hydrogen) atoms. The Balaban J connectivity index is 2.05. The Morgan fingerprint density at radius 2 is 1.97 bits per heavy atom. The van der Waals surface area contributed by atoms with Gasteiger partial charge in [-0.1, -0.05) is 0 Å². The molecule has 4 rings (SSSR count). The first kappa shape index (κ1) is 20.1. The number of benzene rings is 1. The van der Waals surface area contributed by atoms with Crippen molar-refractivity contribution in [1.29, 1.82) is 0 Å². The van der Waals surface area contributed by atoms with Crippen LogP contribution in [-0.2, 0) is 34.0 Å². The highest BCUT2D eigenvalue weighted by Crippen LogP contribution is 2.38. The summed E-state index contributed by atoms with van der Waals surface area (Å²) in [4.78, 5) is 28.9. The molecule has 3 aromatic rings. The molecule has 156 valence electrons. The van der Waals surface area contributed by atoms with Gasteiger partial charge in [0.1, 0.15) is 11.9 Å². The standard InChI is InChI=1S/C21H20FN3O5/c1-29-8-13-10-3-16(23)15(22)5-17(10)24-20-12(13)6-25-18(20)4-11(19(27)7-26)14(9-30-2)21(25)28/h3-5,7,19,27H,6,8-9,23H2,1-2H3. The molecule has 0 spiro atoms. The van der Waals surface area contributed by atoms with Crippen LogP contribution >= 0.6 is 0 Å². The minimum Gasteiger partial charge on any atom is -0.396 e. The van der Waals surface area contributed by atoms with Crippen molar-refractivity contribution in [1.82, 2.24) is 9.55 Å². The summed E-state index contributed by atoms with van der Waals surface area (Å²) >= 11 is 0. The van der Waals surface area contributed by atoms with Crippen LogP contribution in [0.4, 0.5) is 10.1 Å². The van der Waals surface area contributed by atoms with E-state index in [1.54, 1.807) is 6.07 Å². The van der Waals surface area contributed by atoms with Crippen molar-refractivity contribution in [3.05, 3.63) is 56.6 Å². The third-order valence-corrected chi connectivity index (χ3v) is 5.34. The molecule has 0 bridgehead atoms. The van der Waals surface area contributed by atoms with Crippen LogP contribution < -0.4 is 11.3 Å². The Bertz CT molecular complexity index is 1240. The highest BCUT2D eigenvalue weighted by molar-refractivity contribution is 5.90. The van der Waals surface area contributed by atoms with Crippen molar-refractivity contribution in [3.63, 3.8) is 0 Å². The van der Waals surface area contributed by atoms with Gasteiger partial charge in [0.25, 0.3) is 5.56 Å². The van der Waals surface area contributed by atoms with E-state index in [0.29, 0.717) is 28.6 Å². The van der Waals surface area contributed by atoms with Gasteiger partial charge in [-0.2, -0.15) is 0 Å². The van der Waals surface area contributed by atoms with E-state index in [1.165, 1.54) is 30.9 Å². The molecule has 0 saturated heterocycles. The zero-order valence-corrected chi connectivity index (χ0v) is 16.4. The average Bonchev–Trinajstić information content (AvgIpc) is 3.09. The number of anilines is 1. The van der Waals surface area contributed by atoms with E-state index in [9.17, 15) is 19.1 Å². The van der Waals surface area contributed by atoms with Crippen molar-refractivity contribution in [2.24, 2.45) is 0 Å². The number of carbonyl (C=O) groups is 1. The van der Waals surface area contributed by atoms with Crippen molar-refractivity contribution in [3.8, 4) is 11.4 Å². The monoisotopic (exact) mass is 413 g/mol. The number of nitrogens with two attached hydrogens (primary N) is 1. The lowest BCUT2D eigenvalue weighted by molar-refractivity contribution is -0.115. The number of hydrogen-bond acceptors (Lipinski definition) is 7. The minimum absolute atomic E-state index is 0.00643. The Kier molecular flexibility index (Phi) is 5.10. The van der Waals surface area contributed by atoms with Crippen LogP contribution in [0.2, 0.25) is 0 Å². The molecule has 1 atom stereocenters. The summed E-state index contributed by atoms with van der Waals surface area (Å²) in [7, 11) is 2.96. The van der Waals surface area contributed by atoms with Gasteiger partial charge in [0.15, 0.2) is 6.29 Å². The quantitative estimate of drug-likeness (QED) is 0.365. The normalized spacial score (nSPS) is 13.3. The molecule has 0 aliphatic carbocycles. The minimum atomic E-state index is -1.48. The van der Waals surface area contributed by atoms with Gasteiger partial charge >= 0.3 is 0 Å². The topological polar surface area (TPSA) is 117 Å². The summed E-state index contributed by atoms with van der Waals surface area (Å²) in [5.41, 5.74) is 8.48. The molecule has 1 aromatic carbocycles. The van der Waals surface area contributed by atoms with Gasteiger partial charge in [0, 0.05) is 42.4 Å². The summed E-state index contributed by atoms with van der Waals surface area (Å²) in [5, 5.41) is 10.8. The first-order valence-electron chi connectivity index (χ1n) is 9.19. The largest absolute Gasteiger partial charge is 0.396 e. The summed E-state index contributed by atoms with van der Waals surface area (Å²) in [6.45, 7) is 0.373. The van der Waals surface area contributed by atoms with Gasteiger partial charge in [-0.15, -0.1) is 0 Å². The van der Waals surface area contributed by atoms with Crippen LogP contribution in [0.1, 0.15) is 28.4 Å². The molecule has 8 nitrogen and oxygen atoms in total. The molecule has 3 N–H and O–H groups in total. The van der Waals surface area contributed by atoms with E-state index in [1.807, 2.05) is 0 Å². The predicted molar refractivity (Wildman–Crippen MR) is 107 cm³/mol. The van der Waals surface area contributed by atoms with Crippen LogP contribution in [0.3, 0.4) is 0 Å². The second kappa shape index (κ2) is 7.60. The zero-order valence-electron chi connectivity index (χ0n) is 16.4. The molecule has 1 unspecified atom stereocenters. The molecule has 0 amide bonds. The smallest absolute Gasteiger partial charge is 0.257 e. The number of ether oxygens (including phenoxy) is 2. The third kappa shape index (κ3) is 2.98. The molecule has 1 aliphatic rings. The van der Waals surface area contributed by atoms with E-state index in [-0.39, 0.29) is 42.1 Å². The van der Waals surface area contributed by atoms with E-state index < -0.39 is 11.9 Å². The van der Waals surface area contributed by atoms with E-state index >= 15 is 0 Å². The fraction of sp³-hybridized carbons (Fsp3) is 0.286. The first-order valence-corrected chi connectivity index (χ1v) is 9.19. The SMILES string of the molecule is COCc1c(C(O)C=O)cc2n(c1=O)Cc1c-2nc2cc(F)c(N)cc2c1COC. The average molecular weight is 413 g/mol. The lowest BCUT2D eigenvalue weighted by Gasteiger charge is -2.14. The molecular weight excluding hydrogens is 393 g/mol. The summed E-state index contributed by atoms with van der Waals surface area (Å²) in [6, 6.07) is 4.31. The van der Waals surface area contributed by atoms with E-state index in [0.717, 1.165) is 11.1 Å². The van der Waals surface area contributed by atoms with Crippen molar-refractivity contribution < 1.29 is 23.8 Å². The van der Waals surface area contributed by atoms with Crippen LogP contribution in [0.25, 0.3) is 22.3 Å². The Morgan fingerprint density at radius 1 is 1.27 bits per heavy atom. The van der Waals surface area contributed by atoms with Gasteiger partial charge < -0.3 is 29.7 Å². The van der Waals surface area contributed by atoms with Crippen molar-refractivity contribution in [2.45, 2.75) is 25.9 Å².